The van der Waals surface area contributed by atoms with Crippen molar-refractivity contribution in [2.24, 2.45) is 0 Å². The second kappa shape index (κ2) is 5.21. The minimum absolute atomic E-state index is 0.210. The van der Waals surface area contributed by atoms with E-state index in [-0.39, 0.29) is 5.78 Å². The first-order chi connectivity index (χ1) is 9.69. The van der Waals surface area contributed by atoms with Crippen LogP contribution in [0.2, 0.25) is 0 Å². The normalized spacial score (nSPS) is 13.3. The van der Waals surface area contributed by atoms with Crippen LogP contribution in [0.25, 0.3) is 0 Å². The summed E-state index contributed by atoms with van der Waals surface area (Å²) in [5, 5.41) is 0. The summed E-state index contributed by atoms with van der Waals surface area (Å²) in [4.78, 5) is 13.7. The Morgan fingerprint density at radius 1 is 1.15 bits per heavy atom. The van der Waals surface area contributed by atoms with E-state index in [2.05, 4.69) is 0 Å². The van der Waals surface area contributed by atoms with E-state index in [1.54, 1.807) is 7.11 Å². The molecule has 0 aromatic heterocycles. The van der Waals surface area contributed by atoms with Crippen molar-refractivity contribution in [2.75, 3.05) is 12.8 Å². The lowest BCUT2D eigenvalue weighted by Crippen LogP contribution is -1.96. The highest BCUT2D eigenvalue weighted by Crippen LogP contribution is 2.39. The van der Waals surface area contributed by atoms with Crippen LogP contribution in [-0.4, -0.2) is 12.9 Å². The van der Waals surface area contributed by atoms with Gasteiger partial charge in [-0.25, -0.2) is 0 Å². The largest absolute Gasteiger partial charge is 0.496 e. The summed E-state index contributed by atoms with van der Waals surface area (Å²) in [6.07, 6.45) is 1.40. The number of nitrogens with two attached hydrogens (primary N) is 1. The number of anilines is 1. The number of Topliss-reactive ketones (excluding diaryl/α,β-unsaturated/α-hetero) is 1. The van der Waals surface area contributed by atoms with Gasteiger partial charge >= 0.3 is 0 Å². The van der Waals surface area contributed by atoms with Crippen LogP contribution in [0, 0.1) is 0 Å². The van der Waals surface area contributed by atoms with E-state index < -0.39 is 0 Å². The summed E-state index contributed by atoms with van der Waals surface area (Å²) in [7, 11) is 1.65. The van der Waals surface area contributed by atoms with Gasteiger partial charge in [-0.15, -0.1) is 0 Å². The molecule has 0 aliphatic heterocycles. The van der Waals surface area contributed by atoms with E-state index >= 15 is 0 Å². The number of rotatable bonds is 3. The molecular formula is C16H15NO2S. The van der Waals surface area contributed by atoms with Crippen LogP contribution in [-0.2, 0) is 6.42 Å². The lowest BCUT2D eigenvalue weighted by Gasteiger charge is -2.11. The number of carbonyl (C=O) groups is 1. The van der Waals surface area contributed by atoms with Crippen molar-refractivity contribution in [1.29, 1.82) is 0 Å². The second-order valence-electron chi connectivity index (χ2n) is 4.72. The Bertz CT molecular complexity index is 682. The molecule has 102 valence electrons. The first-order valence-corrected chi connectivity index (χ1v) is 7.27. The minimum Gasteiger partial charge on any atom is -0.496 e. The number of ketones is 1. The molecule has 2 aromatic rings. The highest BCUT2D eigenvalue weighted by Gasteiger charge is 2.21. The monoisotopic (exact) mass is 285 g/mol. The maximum Gasteiger partial charge on any atom is 0.163 e. The Morgan fingerprint density at radius 2 is 1.95 bits per heavy atom. The van der Waals surface area contributed by atoms with Gasteiger partial charge in [0.25, 0.3) is 0 Å². The van der Waals surface area contributed by atoms with Gasteiger partial charge in [-0.2, -0.15) is 0 Å². The Morgan fingerprint density at radius 3 is 2.75 bits per heavy atom. The molecule has 0 radical (unpaired) electrons. The molecule has 0 heterocycles. The molecule has 0 saturated heterocycles. The molecule has 3 rings (SSSR count). The lowest BCUT2D eigenvalue weighted by molar-refractivity contribution is 0.0994. The van der Waals surface area contributed by atoms with E-state index in [1.807, 2.05) is 36.4 Å². The lowest BCUT2D eigenvalue weighted by atomic mass is 10.1. The molecule has 0 bridgehead atoms. The number of hydrogen-bond donors (Lipinski definition) is 1. The fourth-order valence-electron chi connectivity index (χ4n) is 2.40. The molecule has 3 nitrogen and oxygen atoms in total. The van der Waals surface area contributed by atoms with E-state index in [1.165, 1.54) is 11.8 Å². The third kappa shape index (κ3) is 2.27. The van der Waals surface area contributed by atoms with E-state index in [0.717, 1.165) is 33.1 Å². The molecule has 2 N–H and O–H groups in total. The van der Waals surface area contributed by atoms with Gasteiger partial charge in [-0.05, 0) is 36.2 Å². The van der Waals surface area contributed by atoms with Crippen LogP contribution >= 0.6 is 11.8 Å². The predicted octanol–water partition coefficient (Wildman–Crippen LogP) is 3.56. The highest BCUT2D eigenvalue weighted by molar-refractivity contribution is 7.99. The first-order valence-electron chi connectivity index (χ1n) is 6.45. The molecule has 0 fully saturated rings. The maximum absolute atomic E-state index is 11.8. The number of methoxy groups -OCH3 is 1. The number of ether oxygens (including phenoxy) is 1. The Hall–Kier alpha value is -1.94. The summed E-state index contributed by atoms with van der Waals surface area (Å²) in [6, 6.07) is 11.6. The van der Waals surface area contributed by atoms with Crippen molar-refractivity contribution in [3.63, 3.8) is 0 Å². The zero-order valence-corrected chi connectivity index (χ0v) is 12.0. The molecule has 0 unspecified atom stereocenters. The van der Waals surface area contributed by atoms with Crippen molar-refractivity contribution >= 4 is 23.2 Å². The van der Waals surface area contributed by atoms with Gasteiger partial charge in [0.05, 0.1) is 12.0 Å². The van der Waals surface area contributed by atoms with E-state index in [4.69, 9.17) is 10.5 Å². The molecular weight excluding hydrogens is 270 g/mol. The number of fused-ring (bicyclic) bond motifs is 1. The topological polar surface area (TPSA) is 52.3 Å². The van der Waals surface area contributed by atoms with Crippen molar-refractivity contribution in [3.8, 4) is 5.75 Å². The summed E-state index contributed by atoms with van der Waals surface area (Å²) in [5.74, 6) is 1.02. The zero-order chi connectivity index (χ0) is 14.1. The number of benzene rings is 2. The summed E-state index contributed by atoms with van der Waals surface area (Å²) >= 11 is 1.53. The molecule has 1 aliphatic carbocycles. The zero-order valence-electron chi connectivity index (χ0n) is 11.2. The smallest absolute Gasteiger partial charge is 0.163 e. The fourth-order valence-corrected chi connectivity index (χ4v) is 3.39. The van der Waals surface area contributed by atoms with Gasteiger partial charge in [0.1, 0.15) is 5.75 Å². The van der Waals surface area contributed by atoms with Gasteiger partial charge in [-0.3, -0.25) is 4.79 Å². The van der Waals surface area contributed by atoms with Crippen LogP contribution in [0.1, 0.15) is 22.3 Å². The molecule has 4 heteroatoms. The average molecular weight is 285 g/mol. The van der Waals surface area contributed by atoms with Crippen molar-refractivity contribution < 1.29 is 9.53 Å². The quantitative estimate of drug-likeness (QED) is 0.876. The van der Waals surface area contributed by atoms with Gasteiger partial charge in [0.15, 0.2) is 5.78 Å². The van der Waals surface area contributed by atoms with Crippen LogP contribution in [0.5, 0.6) is 5.75 Å². The van der Waals surface area contributed by atoms with Gasteiger partial charge < -0.3 is 10.5 Å². The van der Waals surface area contributed by atoms with Gasteiger partial charge in [-0.1, -0.05) is 23.9 Å². The second-order valence-corrected chi connectivity index (χ2v) is 5.81. The van der Waals surface area contributed by atoms with E-state index in [9.17, 15) is 4.79 Å². The number of aryl methyl sites for hydroxylation is 1. The van der Waals surface area contributed by atoms with Crippen LogP contribution in [0.15, 0.2) is 46.2 Å². The molecule has 1 aliphatic rings. The number of para-hydroxylation sites is 1. The Labute approximate surface area is 122 Å². The van der Waals surface area contributed by atoms with Gasteiger partial charge in [0.2, 0.25) is 0 Å². The molecule has 0 amide bonds. The van der Waals surface area contributed by atoms with Crippen LogP contribution in [0.3, 0.4) is 0 Å². The number of hydrogen-bond acceptors (Lipinski definition) is 4. The molecule has 20 heavy (non-hydrogen) atoms. The van der Waals surface area contributed by atoms with Crippen LogP contribution < -0.4 is 10.5 Å². The summed E-state index contributed by atoms with van der Waals surface area (Å²) in [6.45, 7) is 0. The first kappa shape index (κ1) is 13.1. The average Bonchev–Trinajstić information content (AvgIpc) is 2.81. The van der Waals surface area contributed by atoms with Crippen molar-refractivity contribution in [3.05, 3.63) is 47.5 Å². The molecule has 2 aromatic carbocycles. The molecule has 0 spiro atoms. The summed E-state index contributed by atoms with van der Waals surface area (Å²) in [5.41, 5.74) is 8.71. The number of nitrogen functional groups attached to an aromatic ring is 1. The Balaban J connectivity index is 1.99. The maximum atomic E-state index is 11.8. The SMILES string of the molecule is COc1ccccc1Sc1cc2c(cc1N)CCC2=O. The molecule has 0 saturated carbocycles. The minimum atomic E-state index is 0.210. The highest BCUT2D eigenvalue weighted by atomic mass is 32.2. The third-order valence-corrected chi connectivity index (χ3v) is 4.58. The van der Waals surface area contributed by atoms with Crippen molar-refractivity contribution in [1.82, 2.24) is 0 Å². The Kier molecular flexibility index (Phi) is 3.40. The summed E-state index contributed by atoms with van der Waals surface area (Å²) < 4.78 is 5.34. The standard InChI is InChI=1S/C16H15NO2S/c1-19-14-4-2-3-5-15(14)20-16-9-11-10(8-12(16)17)6-7-13(11)18/h2-5,8-9H,6-7,17H2,1H3. The predicted molar refractivity (Wildman–Crippen MR) is 80.6 cm³/mol. The van der Waals surface area contributed by atoms with Crippen molar-refractivity contribution in [2.45, 2.75) is 22.6 Å². The third-order valence-electron chi connectivity index (χ3n) is 3.45. The fraction of sp³-hybridized carbons (Fsp3) is 0.188. The van der Waals surface area contributed by atoms with Gasteiger partial charge in [0, 0.05) is 22.6 Å². The molecule has 0 atom stereocenters. The number of carbonyl (C=O) groups excluding carboxylic acids is 1. The van der Waals surface area contributed by atoms with Crippen LogP contribution in [0.4, 0.5) is 5.69 Å². The van der Waals surface area contributed by atoms with E-state index in [0.29, 0.717) is 12.1 Å².